The Labute approximate surface area is 178 Å². The van der Waals surface area contributed by atoms with E-state index in [1.54, 1.807) is 19.1 Å². The van der Waals surface area contributed by atoms with Crippen molar-refractivity contribution in [1.29, 1.82) is 0 Å². The van der Waals surface area contributed by atoms with E-state index in [1.165, 1.54) is 5.69 Å². The van der Waals surface area contributed by atoms with Crippen molar-refractivity contribution in [3.05, 3.63) is 66.2 Å². The molecule has 1 aliphatic rings. The maximum Gasteiger partial charge on any atom is 0.260 e. The van der Waals surface area contributed by atoms with Crippen molar-refractivity contribution in [2.75, 3.05) is 52.0 Å². The molecule has 0 radical (unpaired) electrons. The van der Waals surface area contributed by atoms with Crippen molar-refractivity contribution < 1.29 is 19.0 Å². The van der Waals surface area contributed by atoms with E-state index in [9.17, 15) is 4.79 Å². The number of anilines is 1. The van der Waals surface area contributed by atoms with Gasteiger partial charge in [-0.15, -0.1) is 6.58 Å². The van der Waals surface area contributed by atoms with E-state index in [1.807, 2.05) is 24.3 Å². The van der Waals surface area contributed by atoms with Gasteiger partial charge in [0, 0.05) is 32.4 Å². The third-order valence-electron chi connectivity index (χ3n) is 5.12. The monoisotopic (exact) mass is 410 g/mol. The molecule has 30 heavy (non-hydrogen) atoms. The van der Waals surface area contributed by atoms with Crippen LogP contribution in [0, 0.1) is 0 Å². The Balaban J connectivity index is 1.52. The summed E-state index contributed by atoms with van der Waals surface area (Å²) in [4.78, 5) is 16.5. The van der Waals surface area contributed by atoms with Crippen LogP contribution in [0.25, 0.3) is 0 Å². The fraction of sp³-hybridized carbons (Fsp3) is 0.375. The van der Waals surface area contributed by atoms with Crippen LogP contribution >= 0.6 is 0 Å². The molecule has 0 aromatic heterocycles. The van der Waals surface area contributed by atoms with Crippen molar-refractivity contribution >= 4 is 11.6 Å². The average molecular weight is 411 g/mol. The zero-order chi connectivity index (χ0) is 21.3. The lowest BCUT2D eigenvalue weighted by Crippen LogP contribution is -2.36. The second-order valence-corrected chi connectivity index (χ2v) is 7.28. The average Bonchev–Trinajstić information content (AvgIpc) is 2.79. The quantitative estimate of drug-likeness (QED) is 0.594. The summed E-state index contributed by atoms with van der Waals surface area (Å²) in [7, 11) is 3.38. The SMILES string of the molecule is C=CCc1ccc(OCC(=O)N(C)Cc2ccc(N3CCOCC3)cc2)c(OC)c1. The Kier molecular flexibility index (Phi) is 7.74. The molecule has 1 aliphatic heterocycles. The van der Waals surface area contributed by atoms with Crippen LogP contribution in [0.1, 0.15) is 11.1 Å². The Bertz CT molecular complexity index is 845. The number of benzene rings is 2. The minimum absolute atomic E-state index is 0.0421. The number of rotatable bonds is 9. The van der Waals surface area contributed by atoms with E-state index in [-0.39, 0.29) is 12.5 Å². The van der Waals surface area contributed by atoms with E-state index in [0.717, 1.165) is 43.9 Å². The first kappa shape index (κ1) is 21.7. The Morgan fingerprint density at radius 3 is 2.50 bits per heavy atom. The summed E-state index contributed by atoms with van der Waals surface area (Å²) in [6.07, 6.45) is 2.59. The second-order valence-electron chi connectivity index (χ2n) is 7.28. The highest BCUT2D eigenvalue weighted by Gasteiger charge is 2.14. The van der Waals surface area contributed by atoms with E-state index < -0.39 is 0 Å². The predicted molar refractivity (Wildman–Crippen MR) is 118 cm³/mol. The summed E-state index contributed by atoms with van der Waals surface area (Å²) in [6.45, 7) is 7.58. The maximum atomic E-state index is 12.5. The summed E-state index contributed by atoms with van der Waals surface area (Å²) in [5.74, 6) is 1.08. The molecule has 0 aliphatic carbocycles. The molecule has 160 valence electrons. The minimum Gasteiger partial charge on any atom is -0.493 e. The number of methoxy groups -OCH3 is 1. The van der Waals surface area contributed by atoms with Gasteiger partial charge >= 0.3 is 0 Å². The fourth-order valence-electron chi connectivity index (χ4n) is 3.37. The summed E-state index contributed by atoms with van der Waals surface area (Å²) in [6, 6.07) is 14.0. The summed E-state index contributed by atoms with van der Waals surface area (Å²) >= 11 is 0. The number of morpholine rings is 1. The third kappa shape index (κ3) is 5.76. The van der Waals surface area contributed by atoms with Gasteiger partial charge in [0.15, 0.2) is 18.1 Å². The van der Waals surface area contributed by atoms with Crippen molar-refractivity contribution in [3.8, 4) is 11.5 Å². The second kappa shape index (κ2) is 10.7. The first-order valence-electron chi connectivity index (χ1n) is 10.2. The molecule has 1 amide bonds. The highest BCUT2D eigenvalue weighted by Crippen LogP contribution is 2.28. The van der Waals surface area contributed by atoms with E-state index in [2.05, 4.69) is 35.7 Å². The topological polar surface area (TPSA) is 51.2 Å². The molecule has 2 aromatic carbocycles. The molecular formula is C24H30N2O4. The minimum atomic E-state index is -0.0931. The summed E-state index contributed by atoms with van der Waals surface area (Å²) in [5.41, 5.74) is 3.35. The van der Waals surface area contributed by atoms with Gasteiger partial charge in [0.05, 0.1) is 20.3 Å². The molecule has 0 N–H and O–H groups in total. The number of likely N-dealkylation sites (N-methyl/N-ethyl adjacent to an activating group) is 1. The molecule has 0 saturated carbocycles. The normalized spacial score (nSPS) is 13.6. The Morgan fingerprint density at radius 2 is 1.83 bits per heavy atom. The molecular weight excluding hydrogens is 380 g/mol. The smallest absolute Gasteiger partial charge is 0.260 e. The van der Waals surface area contributed by atoms with Gasteiger partial charge in [0.2, 0.25) is 0 Å². The number of carbonyl (C=O) groups excluding carboxylic acids is 1. The van der Waals surface area contributed by atoms with Gasteiger partial charge < -0.3 is 24.0 Å². The van der Waals surface area contributed by atoms with Crippen LogP contribution in [-0.4, -0.2) is 57.9 Å². The van der Waals surface area contributed by atoms with Crippen molar-refractivity contribution in [3.63, 3.8) is 0 Å². The first-order valence-corrected chi connectivity index (χ1v) is 10.2. The van der Waals surface area contributed by atoms with E-state index >= 15 is 0 Å². The molecule has 3 rings (SSSR count). The molecule has 0 spiro atoms. The van der Waals surface area contributed by atoms with Gasteiger partial charge in [0.1, 0.15) is 0 Å². The number of hydrogen-bond donors (Lipinski definition) is 0. The number of ether oxygens (including phenoxy) is 3. The lowest BCUT2D eigenvalue weighted by atomic mass is 10.1. The maximum absolute atomic E-state index is 12.5. The van der Waals surface area contributed by atoms with Gasteiger partial charge in [-0.2, -0.15) is 0 Å². The lowest BCUT2D eigenvalue weighted by molar-refractivity contribution is -0.132. The van der Waals surface area contributed by atoms with Crippen molar-refractivity contribution in [1.82, 2.24) is 4.90 Å². The molecule has 6 heteroatoms. The van der Waals surface area contributed by atoms with Gasteiger partial charge in [0.25, 0.3) is 5.91 Å². The Morgan fingerprint density at radius 1 is 1.13 bits per heavy atom. The van der Waals surface area contributed by atoms with Crippen molar-refractivity contribution in [2.45, 2.75) is 13.0 Å². The predicted octanol–water partition coefficient (Wildman–Crippen LogP) is 3.30. The molecule has 6 nitrogen and oxygen atoms in total. The van der Waals surface area contributed by atoms with Gasteiger partial charge in [-0.25, -0.2) is 0 Å². The van der Waals surface area contributed by atoms with Crippen LogP contribution in [0.5, 0.6) is 11.5 Å². The van der Waals surface area contributed by atoms with Crippen LogP contribution in [0.15, 0.2) is 55.1 Å². The van der Waals surface area contributed by atoms with Crippen LogP contribution in [0.4, 0.5) is 5.69 Å². The number of nitrogens with zero attached hydrogens (tertiary/aromatic N) is 2. The zero-order valence-electron chi connectivity index (χ0n) is 17.8. The van der Waals surface area contributed by atoms with E-state index in [0.29, 0.717) is 18.0 Å². The summed E-state index contributed by atoms with van der Waals surface area (Å²) < 4.78 is 16.5. The van der Waals surface area contributed by atoms with Crippen LogP contribution < -0.4 is 14.4 Å². The number of allylic oxidation sites excluding steroid dienone is 1. The van der Waals surface area contributed by atoms with Crippen LogP contribution in [-0.2, 0) is 22.5 Å². The van der Waals surface area contributed by atoms with Crippen LogP contribution in [0.3, 0.4) is 0 Å². The third-order valence-corrected chi connectivity index (χ3v) is 5.12. The Hall–Kier alpha value is -2.99. The van der Waals surface area contributed by atoms with Gasteiger partial charge in [-0.3, -0.25) is 4.79 Å². The highest BCUT2D eigenvalue weighted by atomic mass is 16.5. The van der Waals surface area contributed by atoms with Gasteiger partial charge in [-0.1, -0.05) is 24.3 Å². The highest BCUT2D eigenvalue weighted by molar-refractivity contribution is 5.77. The largest absolute Gasteiger partial charge is 0.493 e. The molecule has 1 saturated heterocycles. The van der Waals surface area contributed by atoms with Gasteiger partial charge in [-0.05, 0) is 41.8 Å². The van der Waals surface area contributed by atoms with E-state index in [4.69, 9.17) is 14.2 Å². The first-order chi connectivity index (χ1) is 14.6. The molecule has 0 bridgehead atoms. The zero-order valence-corrected chi connectivity index (χ0v) is 17.8. The fourth-order valence-corrected chi connectivity index (χ4v) is 3.37. The number of amides is 1. The van der Waals surface area contributed by atoms with Crippen molar-refractivity contribution in [2.24, 2.45) is 0 Å². The summed E-state index contributed by atoms with van der Waals surface area (Å²) in [5, 5.41) is 0. The lowest BCUT2D eigenvalue weighted by Gasteiger charge is -2.29. The number of carbonyl (C=O) groups is 1. The molecule has 0 atom stereocenters. The molecule has 2 aromatic rings. The van der Waals surface area contributed by atoms with Crippen LogP contribution in [0.2, 0.25) is 0 Å². The number of hydrogen-bond acceptors (Lipinski definition) is 5. The molecule has 1 fully saturated rings. The molecule has 1 heterocycles. The molecule has 0 unspecified atom stereocenters. The standard InChI is InChI=1S/C24H30N2O4/c1-4-5-19-8-11-22(23(16-19)28-3)30-18-24(27)25(2)17-20-6-9-21(10-7-20)26-12-14-29-15-13-26/h4,6-11,16H,1,5,12-15,17-18H2,2-3H3.